The molecule has 1 aromatic heterocycles. The summed E-state index contributed by atoms with van der Waals surface area (Å²) < 4.78 is 0. The van der Waals surface area contributed by atoms with Gasteiger partial charge in [0.15, 0.2) is 0 Å². The molecule has 0 saturated carbocycles. The predicted octanol–water partition coefficient (Wildman–Crippen LogP) is 7.09. The number of aromatic nitrogens is 1. The molecule has 3 heteroatoms. The van der Waals surface area contributed by atoms with E-state index in [0.29, 0.717) is 0 Å². The minimum absolute atomic E-state index is 0. The lowest BCUT2D eigenvalue weighted by atomic mass is 10.0. The fourth-order valence-corrected chi connectivity index (χ4v) is 3.25. The molecule has 1 aromatic rings. The van der Waals surface area contributed by atoms with Gasteiger partial charge in [-0.2, -0.15) is 0 Å². The molecular weight excluding hydrogens is 330 g/mol. The maximum Gasteiger partial charge on any atom is 0.0270 e. The van der Waals surface area contributed by atoms with Crippen LogP contribution in [0.15, 0.2) is 24.5 Å². The summed E-state index contributed by atoms with van der Waals surface area (Å²) in [5, 5.41) is 0. The lowest BCUT2D eigenvalue weighted by Crippen LogP contribution is -1.87. The molecule has 0 bridgehead atoms. The highest BCUT2D eigenvalue weighted by molar-refractivity contribution is 5.85. The third-order valence-electron chi connectivity index (χ3n) is 4.82. The largest absolute Gasteiger partial charge is 0.412 e. The number of pyridine rings is 1. The molecule has 1 heterocycles. The van der Waals surface area contributed by atoms with Crippen LogP contribution in [0.5, 0.6) is 0 Å². The second-order valence-electron chi connectivity index (χ2n) is 7.06. The van der Waals surface area contributed by atoms with Gasteiger partial charge in [0.1, 0.15) is 0 Å². The molecule has 2 N–H and O–H groups in total. The van der Waals surface area contributed by atoms with Crippen molar-refractivity contribution in [1.82, 2.24) is 4.98 Å². The Labute approximate surface area is 162 Å². The standard InChI is InChI=1S/C22H39N.ClH.H2O/c1-2-3-4-5-6-7-8-9-10-11-12-13-14-15-16-17-22-18-20-23-21-19-22;;/h18-21H,2-17H2,1H3;1H;1H2. The molecule has 0 unspecified atom stereocenters. The van der Waals surface area contributed by atoms with Gasteiger partial charge in [0.05, 0.1) is 0 Å². The van der Waals surface area contributed by atoms with Gasteiger partial charge in [0.2, 0.25) is 0 Å². The summed E-state index contributed by atoms with van der Waals surface area (Å²) in [4.78, 5) is 4.07. The van der Waals surface area contributed by atoms with Crippen molar-refractivity contribution in [2.45, 2.75) is 110 Å². The molecular formula is C22H42ClNO. The monoisotopic (exact) mass is 371 g/mol. The number of unbranched alkanes of at least 4 members (excludes halogenated alkanes) is 14. The minimum atomic E-state index is 0. The molecule has 0 radical (unpaired) electrons. The van der Waals surface area contributed by atoms with Crippen molar-refractivity contribution in [3.63, 3.8) is 0 Å². The highest BCUT2D eigenvalue weighted by Crippen LogP contribution is 2.14. The first-order valence-corrected chi connectivity index (χ1v) is 10.3. The van der Waals surface area contributed by atoms with Crippen LogP contribution in [0.2, 0.25) is 0 Å². The normalized spacial score (nSPS) is 10.1. The van der Waals surface area contributed by atoms with E-state index in [0.717, 1.165) is 0 Å². The van der Waals surface area contributed by atoms with Crippen molar-refractivity contribution in [2.24, 2.45) is 0 Å². The number of rotatable bonds is 16. The SMILES string of the molecule is CCCCCCCCCCCCCCCCCc1ccncc1.Cl.O. The quantitative estimate of drug-likeness (QED) is 0.286. The van der Waals surface area contributed by atoms with Gasteiger partial charge in [-0.1, -0.05) is 96.8 Å². The van der Waals surface area contributed by atoms with Crippen LogP contribution in [0.3, 0.4) is 0 Å². The lowest BCUT2D eigenvalue weighted by molar-refractivity contribution is 0.532. The maximum atomic E-state index is 4.07. The van der Waals surface area contributed by atoms with E-state index in [9.17, 15) is 0 Å². The zero-order chi connectivity index (χ0) is 16.4. The smallest absolute Gasteiger partial charge is 0.0270 e. The third-order valence-corrected chi connectivity index (χ3v) is 4.82. The van der Waals surface area contributed by atoms with Crippen LogP contribution < -0.4 is 0 Å². The Morgan fingerprint density at radius 3 is 1.36 bits per heavy atom. The van der Waals surface area contributed by atoms with E-state index in [1.54, 1.807) is 0 Å². The molecule has 0 fully saturated rings. The second kappa shape index (κ2) is 21.4. The van der Waals surface area contributed by atoms with Crippen LogP contribution >= 0.6 is 12.4 Å². The fourth-order valence-electron chi connectivity index (χ4n) is 3.25. The molecule has 0 aliphatic rings. The van der Waals surface area contributed by atoms with E-state index in [-0.39, 0.29) is 17.9 Å². The van der Waals surface area contributed by atoms with Crippen molar-refractivity contribution in [1.29, 1.82) is 0 Å². The first-order valence-electron chi connectivity index (χ1n) is 10.3. The summed E-state index contributed by atoms with van der Waals surface area (Å²) in [6.45, 7) is 2.29. The lowest BCUT2D eigenvalue weighted by Gasteiger charge is -2.03. The van der Waals surface area contributed by atoms with Gasteiger partial charge < -0.3 is 5.48 Å². The summed E-state index contributed by atoms with van der Waals surface area (Å²) in [5.74, 6) is 0. The van der Waals surface area contributed by atoms with Gasteiger partial charge >= 0.3 is 0 Å². The Kier molecular flexibility index (Phi) is 22.8. The molecule has 0 aromatic carbocycles. The van der Waals surface area contributed by atoms with E-state index >= 15 is 0 Å². The van der Waals surface area contributed by atoms with Crippen LogP contribution in [0.1, 0.15) is 109 Å². The first-order chi connectivity index (χ1) is 11.4. The van der Waals surface area contributed by atoms with E-state index in [4.69, 9.17) is 0 Å². The average molecular weight is 372 g/mol. The van der Waals surface area contributed by atoms with E-state index in [1.807, 2.05) is 12.4 Å². The zero-order valence-corrected chi connectivity index (χ0v) is 17.3. The molecule has 25 heavy (non-hydrogen) atoms. The fraction of sp³-hybridized carbons (Fsp3) is 0.773. The van der Waals surface area contributed by atoms with Crippen LogP contribution in [-0.2, 0) is 6.42 Å². The van der Waals surface area contributed by atoms with Crippen molar-refractivity contribution in [2.75, 3.05) is 0 Å². The first kappa shape index (κ1) is 26.6. The molecule has 148 valence electrons. The molecule has 0 aliphatic heterocycles. The van der Waals surface area contributed by atoms with Crippen molar-refractivity contribution in [3.8, 4) is 0 Å². The van der Waals surface area contributed by atoms with Crippen LogP contribution in [0, 0.1) is 0 Å². The van der Waals surface area contributed by atoms with Gasteiger partial charge in [0, 0.05) is 12.4 Å². The molecule has 0 amide bonds. The van der Waals surface area contributed by atoms with Gasteiger partial charge in [-0.05, 0) is 30.5 Å². The number of hydrogen-bond acceptors (Lipinski definition) is 1. The summed E-state index contributed by atoms with van der Waals surface area (Å²) in [5.41, 5.74) is 1.44. The average Bonchev–Trinajstić information content (AvgIpc) is 2.59. The molecule has 1 rings (SSSR count). The van der Waals surface area contributed by atoms with Crippen LogP contribution in [0.25, 0.3) is 0 Å². The van der Waals surface area contributed by atoms with E-state index in [2.05, 4.69) is 24.0 Å². The summed E-state index contributed by atoms with van der Waals surface area (Å²) in [7, 11) is 0. The highest BCUT2D eigenvalue weighted by Gasteiger charge is 1.95. The predicted molar refractivity (Wildman–Crippen MR) is 114 cm³/mol. The second-order valence-corrected chi connectivity index (χ2v) is 7.06. The Morgan fingerprint density at radius 2 is 0.960 bits per heavy atom. The Hall–Kier alpha value is -0.600. The van der Waals surface area contributed by atoms with Crippen molar-refractivity contribution >= 4 is 12.4 Å². The van der Waals surface area contributed by atoms with Gasteiger partial charge in [-0.3, -0.25) is 4.98 Å². The topological polar surface area (TPSA) is 44.4 Å². The maximum absolute atomic E-state index is 4.07. The van der Waals surface area contributed by atoms with Crippen molar-refractivity contribution < 1.29 is 5.48 Å². The van der Waals surface area contributed by atoms with Gasteiger partial charge in [-0.15, -0.1) is 12.4 Å². The summed E-state index contributed by atoms with van der Waals surface area (Å²) in [6, 6.07) is 4.29. The van der Waals surface area contributed by atoms with E-state index < -0.39 is 0 Å². The zero-order valence-electron chi connectivity index (χ0n) is 16.5. The van der Waals surface area contributed by atoms with Crippen LogP contribution in [-0.4, -0.2) is 10.5 Å². The molecule has 0 saturated heterocycles. The highest BCUT2D eigenvalue weighted by atomic mass is 35.5. The molecule has 0 atom stereocenters. The van der Waals surface area contributed by atoms with Crippen LogP contribution in [0.4, 0.5) is 0 Å². The minimum Gasteiger partial charge on any atom is -0.412 e. The summed E-state index contributed by atoms with van der Waals surface area (Å²) >= 11 is 0. The number of aryl methyl sites for hydroxylation is 1. The molecule has 0 aliphatic carbocycles. The van der Waals surface area contributed by atoms with Crippen molar-refractivity contribution in [3.05, 3.63) is 30.1 Å². The Balaban J connectivity index is 0. The Bertz CT molecular complexity index is 345. The third kappa shape index (κ3) is 18.0. The molecule has 0 spiro atoms. The number of nitrogens with zero attached hydrogens (tertiary/aromatic N) is 1. The summed E-state index contributed by atoms with van der Waals surface area (Å²) in [6.07, 6.45) is 26.6. The van der Waals surface area contributed by atoms with Gasteiger partial charge in [0.25, 0.3) is 0 Å². The number of halogens is 1. The van der Waals surface area contributed by atoms with Gasteiger partial charge in [-0.25, -0.2) is 0 Å². The van der Waals surface area contributed by atoms with E-state index in [1.165, 1.54) is 108 Å². The Morgan fingerprint density at radius 1 is 0.600 bits per heavy atom. The molecule has 2 nitrogen and oxygen atoms in total. The number of hydrogen-bond donors (Lipinski definition) is 0.